The van der Waals surface area contributed by atoms with Gasteiger partial charge in [-0.05, 0) is 38.3 Å². The average molecular weight is 529 g/mol. The smallest absolute Gasteiger partial charge is 0.303 e. The lowest BCUT2D eigenvalue weighted by Gasteiger charge is -2.57. The fraction of sp³-hybridized carbons (Fsp3) is 0.808. The van der Waals surface area contributed by atoms with Gasteiger partial charge in [0.25, 0.3) is 0 Å². The molecule has 1 unspecified atom stereocenters. The molecule has 5 N–H and O–H groups in total. The number of esters is 3. The van der Waals surface area contributed by atoms with Gasteiger partial charge in [0, 0.05) is 45.6 Å². The quantitative estimate of drug-likeness (QED) is 0.184. The van der Waals surface area contributed by atoms with Crippen LogP contribution in [0.3, 0.4) is 0 Å². The first kappa shape index (κ1) is 29.5. The summed E-state index contributed by atoms with van der Waals surface area (Å²) in [5.74, 6) is -4.33. The molecule has 0 bridgehead atoms. The van der Waals surface area contributed by atoms with E-state index in [1.54, 1.807) is 13.8 Å². The molecule has 3 aliphatic carbocycles. The minimum absolute atomic E-state index is 0.148. The molecule has 11 heteroatoms. The predicted molar refractivity (Wildman–Crippen MR) is 128 cm³/mol. The van der Waals surface area contributed by atoms with Gasteiger partial charge < -0.3 is 39.7 Å². The molecule has 11 nitrogen and oxygen atoms in total. The molecule has 0 heterocycles. The summed E-state index contributed by atoms with van der Waals surface area (Å²) in [6.45, 7) is 8.98. The summed E-state index contributed by atoms with van der Waals surface area (Å²) in [5, 5.41) is 56.3. The Balaban J connectivity index is 2.50. The summed E-state index contributed by atoms with van der Waals surface area (Å²) in [5.41, 5.74) is -4.36. The average Bonchev–Trinajstić information content (AvgIpc) is 3.00. The van der Waals surface area contributed by atoms with Crippen LogP contribution < -0.4 is 0 Å². The molecule has 3 rings (SSSR count). The topological polar surface area (TPSA) is 180 Å². The van der Waals surface area contributed by atoms with Crippen molar-refractivity contribution in [3.8, 4) is 0 Å². The Morgan fingerprint density at radius 3 is 2.00 bits per heavy atom. The molecule has 0 radical (unpaired) electrons. The number of hydrogen-bond acceptors (Lipinski definition) is 11. The fourth-order valence-electron chi connectivity index (χ4n) is 7.37. The first-order valence-corrected chi connectivity index (χ1v) is 12.5. The zero-order chi connectivity index (χ0) is 28.2. The Hall–Kier alpha value is -2.05. The predicted octanol–water partition coefficient (Wildman–Crippen LogP) is -0.01000. The summed E-state index contributed by atoms with van der Waals surface area (Å²) in [7, 11) is 0. The SMILES string of the molecule is CC(=O)O[C@@H]1C2=C(C)C(O)C[C@@]2(C(C)(C)O)[C@@H](O)[C@@H]2[C@H](CO)[C@@H](O)C[C@H](OC(C)=O)[C@@]2(C)[C@H]1OC(C)=O. The van der Waals surface area contributed by atoms with E-state index < -0.39 is 89.4 Å². The molecule has 3 aliphatic rings. The highest BCUT2D eigenvalue weighted by molar-refractivity contribution is 5.69. The fourth-order valence-corrected chi connectivity index (χ4v) is 7.37. The van der Waals surface area contributed by atoms with Crippen LogP contribution in [0.5, 0.6) is 0 Å². The van der Waals surface area contributed by atoms with Crippen LogP contribution in [0.25, 0.3) is 0 Å². The van der Waals surface area contributed by atoms with Gasteiger partial charge in [0.05, 0.1) is 34.7 Å². The van der Waals surface area contributed by atoms with Gasteiger partial charge >= 0.3 is 17.9 Å². The van der Waals surface area contributed by atoms with Gasteiger partial charge in [-0.25, -0.2) is 0 Å². The molecule has 10 atom stereocenters. The first-order chi connectivity index (χ1) is 16.9. The maximum Gasteiger partial charge on any atom is 0.303 e. The van der Waals surface area contributed by atoms with Gasteiger partial charge in [0.2, 0.25) is 0 Å². The zero-order valence-electron chi connectivity index (χ0n) is 22.4. The Morgan fingerprint density at radius 2 is 1.54 bits per heavy atom. The van der Waals surface area contributed by atoms with Crippen molar-refractivity contribution in [2.24, 2.45) is 22.7 Å². The van der Waals surface area contributed by atoms with Gasteiger partial charge in [-0.3, -0.25) is 14.4 Å². The van der Waals surface area contributed by atoms with E-state index >= 15 is 0 Å². The second kappa shape index (κ2) is 9.92. The Labute approximate surface area is 216 Å². The summed E-state index contributed by atoms with van der Waals surface area (Å²) >= 11 is 0. The molecule has 0 aromatic heterocycles. The summed E-state index contributed by atoms with van der Waals surface area (Å²) in [6, 6.07) is 0. The van der Waals surface area contributed by atoms with E-state index in [0.717, 1.165) is 13.8 Å². The Kier molecular flexibility index (Phi) is 7.91. The van der Waals surface area contributed by atoms with Crippen molar-refractivity contribution in [1.82, 2.24) is 0 Å². The second-order valence-electron chi connectivity index (χ2n) is 11.5. The van der Waals surface area contributed by atoms with Crippen molar-refractivity contribution in [2.45, 2.75) is 104 Å². The van der Waals surface area contributed by atoms with Crippen molar-refractivity contribution in [1.29, 1.82) is 0 Å². The number of aliphatic hydroxyl groups excluding tert-OH is 4. The number of rotatable bonds is 5. The maximum absolute atomic E-state index is 12.5. The van der Waals surface area contributed by atoms with Gasteiger partial charge in [-0.1, -0.05) is 6.92 Å². The number of ether oxygens (including phenoxy) is 3. The zero-order valence-corrected chi connectivity index (χ0v) is 22.4. The van der Waals surface area contributed by atoms with Crippen molar-refractivity contribution in [3.63, 3.8) is 0 Å². The monoisotopic (exact) mass is 528 g/mol. The van der Waals surface area contributed by atoms with Crippen LogP contribution in [0.15, 0.2) is 11.1 Å². The third kappa shape index (κ3) is 4.48. The van der Waals surface area contributed by atoms with Gasteiger partial charge in [-0.15, -0.1) is 0 Å². The second-order valence-corrected chi connectivity index (χ2v) is 11.5. The molecule has 2 fully saturated rings. The van der Waals surface area contributed by atoms with Crippen molar-refractivity contribution in [2.75, 3.05) is 6.61 Å². The molecule has 0 saturated heterocycles. The molecule has 0 aromatic carbocycles. The van der Waals surface area contributed by atoms with E-state index in [1.807, 2.05) is 0 Å². The van der Waals surface area contributed by atoms with Gasteiger partial charge in [0.1, 0.15) is 6.10 Å². The number of hydrogen-bond donors (Lipinski definition) is 5. The molecular formula is C26H40O11. The van der Waals surface area contributed by atoms with Crippen LogP contribution >= 0.6 is 0 Å². The highest BCUT2D eigenvalue weighted by atomic mass is 16.6. The van der Waals surface area contributed by atoms with Gasteiger partial charge in [-0.2, -0.15) is 0 Å². The number of carbonyl (C=O) groups excluding carboxylic acids is 3. The van der Waals surface area contributed by atoms with E-state index in [9.17, 15) is 39.9 Å². The van der Waals surface area contributed by atoms with Crippen LogP contribution in [-0.2, 0) is 28.6 Å². The van der Waals surface area contributed by atoms with Gasteiger partial charge in [0.15, 0.2) is 12.2 Å². The number of fused-ring (bicyclic) bond motifs is 2. The number of carbonyl (C=O) groups is 3. The van der Waals surface area contributed by atoms with Crippen LogP contribution in [0, 0.1) is 22.7 Å². The Morgan fingerprint density at radius 1 is 1.00 bits per heavy atom. The number of aliphatic hydroxyl groups is 5. The summed E-state index contributed by atoms with van der Waals surface area (Å²) in [4.78, 5) is 37.1. The molecule has 0 aliphatic heterocycles. The highest BCUT2D eigenvalue weighted by Crippen LogP contribution is 2.65. The van der Waals surface area contributed by atoms with Crippen LogP contribution in [-0.4, -0.2) is 92.3 Å². The molecule has 0 aromatic rings. The highest BCUT2D eigenvalue weighted by Gasteiger charge is 2.73. The van der Waals surface area contributed by atoms with E-state index in [0.29, 0.717) is 5.57 Å². The minimum Gasteiger partial charge on any atom is -0.462 e. The summed E-state index contributed by atoms with van der Waals surface area (Å²) < 4.78 is 17.2. The van der Waals surface area contributed by atoms with Crippen LogP contribution in [0.4, 0.5) is 0 Å². The molecular weight excluding hydrogens is 488 g/mol. The molecule has 0 spiro atoms. The van der Waals surface area contributed by atoms with E-state index in [1.165, 1.54) is 20.8 Å². The summed E-state index contributed by atoms with van der Waals surface area (Å²) in [6.07, 6.45) is -8.14. The van der Waals surface area contributed by atoms with Crippen molar-refractivity contribution < 1.29 is 54.1 Å². The lowest BCUT2D eigenvalue weighted by molar-refractivity contribution is -0.240. The van der Waals surface area contributed by atoms with Crippen molar-refractivity contribution in [3.05, 3.63) is 11.1 Å². The molecule has 210 valence electrons. The lowest BCUT2D eigenvalue weighted by atomic mass is 9.52. The minimum atomic E-state index is -1.73. The largest absolute Gasteiger partial charge is 0.462 e. The van der Waals surface area contributed by atoms with E-state index in [4.69, 9.17) is 14.2 Å². The van der Waals surface area contributed by atoms with Crippen LogP contribution in [0.1, 0.15) is 61.3 Å². The third-order valence-corrected chi connectivity index (χ3v) is 8.96. The maximum atomic E-state index is 12.5. The first-order valence-electron chi connectivity index (χ1n) is 12.5. The standard InChI is InChI=1S/C26H40O11/c1-11-17(32)9-26(24(5,6)34)19(11)21(36-13(3)29)23(37-14(4)30)25(7)18(35-12(2)28)8-16(31)15(10-27)20(25)22(26)33/h15-18,20-23,27,31-34H,8-10H2,1-7H3/t15-,16+,17?,18+,20+,21-,22+,23+,25-,26+/m1/s1. The molecule has 37 heavy (non-hydrogen) atoms. The normalized spacial score (nSPS) is 41.8. The molecule has 2 saturated carbocycles. The van der Waals surface area contributed by atoms with Crippen LogP contribution in [0.2, 0.25) is 0 Å². The Bertz CT molecular complexity index is 968. The molecule has 0 amide bonds. The van der Waals surface area contributed by atoms with Crippen molar-refractivity contribution >= 4 is 17.9 Å². The van der Waals surface area contributed by atoms with E-state index in [-0.39, 0.29) is 18.4 Å². The lowest BCUT2D eigenvalue weighted by Crippen LogP contribution is -2.66. The third-order valence-electron chi connectivity index (χ3n) is 8.96. The van der Waals surface area contributed by atoms with E-state index in [2.05, 4.69) is 0 Å².